The Morgan fingerprint density at radius 1 is 1.37 bits per heavy atom. The number of amides is 1. The van der Waals surface area contributed by atoms with E-state index in [1.807, 2.05) is 30.3 Å². The third-order valence-corrected chi connectivity index (χ3v) is 3.23. The van der Waals surface area contributed by atoms with Gasteiger partial charge >= 0.3 is 0 Å². The van der Waals surface area contributed by atoms with E-state index in [1.54, 1.807) is 19.3 Å². The molecule has 2 rings (SSSR count). The number of carbonyl (C=O) groups excluding carboxylic acids is 1. The molecule has 2 aromatic rings. The molecule has 1 atom stereocenters. The molecular formula is C14H14INO3. The standard InChI is InChI=1S/C14H14INO3/c1-10(19-12-6-4-11(15)5-7-12)14(17)16-9-13-3-2-8-18-13/h2-8,10H,9H2,1H3,(H,16,17). The second-order valence-corrected chi connectivity index (χ2v) is 5.26. The van der Waals surface area contributed by atoms with Crippen molar-refractivity contribution in [3.63, 3.8) is 0 Å². The molecule has 0 saturated heterocycles. The molecule has 5 heteroatoms. The summed E-state index contributed by atoms with van der Waals surface area (Å²) in [6.45, 7) is 2.08. The van der Waals surface area contributed by atoms with E-state index in [9.17, 15) is 4.79 Å². The highest BCUT2D eigenvalue weighted by Crippen LogP contribution is 2.15. The molecule has 0 radical (unpaired) electrons. The van der Waals surface area contributed by atoms with Crippen molar-refractivity contribution >= 4 is 28.5 Å². The summed E-state index contributed by atoms with van der Waals surface area (Å²) in [6, 6.07) is 11.2. The Morgan fingerprint density at radius 2 is 2.11 bits per heavy atom. The Balaban J connectivity index is 1.83. The predicted molar refractivity (Wildman–Crippen MR) is 79.8 cm³/mol. The summed E-state index contributed by atoms with van der Waals surface area (Å²) in [5.74, 6) is 1.23. The lowest BCUT2D eigenvalue weighted by Gasteiger charge is -2.14. The largest absolute Gasteiger partial charge is 0.481 e. The molecular weight excluding hydrogens is 357 g/mol. The van der Waals surface area contributed by atoms with Gasteiger partial charge < -0.3 is 14.5 Å². The fourth-order valence-corrected chi connectivity index (χ4v) is 1.86. The molecule has 1 amide bonds. The number of benzene rings is 1. The van der Waals surface area contributed by atoms with E-state index in [0.717, 1.165) is 9.33 Å². The number of halogens is 1. The summed E-state index contributed by atoms with van der Waals surface area (Å²) in [4.78, 5) is 11.8. The fraction of sp³-hybridized carbons (Fsp3) is 0.214. The van der Waals surface area contributed by atoms with Gasteiger partial charge in [0, 0.05) is 3.57 Å². The van der Waals surface area contributed by atoms with Gasteiger partial charge in [0.1, 0.15) is 11.5 Å². The van der Waals surface area contributed by atoms with Crippen LogP contribution in [0.5, 0.6) is 5.75 Å². The van der Waals surface area contributed by atoms with Gasteiger partial charge in [-0.15, -0.1) is 0 Å². The van der Waals surface area contributed by atoms with Crippen LogP contribution in [0, 0.1) is 3.57 Å². The summed E-state index contributed by atoms with van der Waals surface area (Å²) >= 11 is 2.22. The Morgan fingerprint density at radius 3 is 2.74 bits per heavy atom. The van der Waals surface area contributed by atoms with Gasteiger partial charge in [-0.05, 0) is 65.9 Å². The monoisotopic (exact) mass is 371 g/mol. The first-order valence-corrected chi connectivity index (χ1v) is 6.95. The summed E-state index contributed by atoms with van der Waals surface area (Å²) in [5, 5.41) is 2.76. The van der Waals surface area contributed by atoms with Crippen LogP contribution in [-0.4, -0.2) is 12.0 Å². The maximum atomic E-state index is 11.8. The zero-order valence-corrected chi connectivity index (χ0v) is 12.6. The summed E-state index contributed by atoms with van der Waals surface area (Å²) in [7, 11) is 0. The maximum absolute atomic E-state index is 11.8. The normalized spacial score (nSPS) is 11.9. The zero-order valence-electron chi connectivity index (χ0n) is 10.4. The molecule has 1 unspecified atom stereocenters. The molecule has 1 heterocycles. The third kappa shape index (κ3) is 4.27. The van der Waals surface area contributed by atoms with Crippen molar-refractivity contribution in [3.05, 3.63) is 52.0 Å². The van der Waals surface area contributed by atoms with E-state index < -0.39 is 6.10 Å². The molecule has 0 spiro atoms. The lowest BCUT2D eigenvalue weighted by atomic mass is 10.3. The molecule has 0 aliphatic heterocycles. The van der Waals surface area contributed by atoms with Crippen LogP contribution in [0.2, 0.25) is 0 Å². The summed E-state index contributed by atoms with van der Waals surface area (Å²) in [5.41, 5.74) is 0. The molecule has 1 aromatic carbocycles. The molecule has 1 N–H and O–H groups in total. The minimum atomic E-state index is -0.546. The number of rotatable bonds is 5. The van der Waals surface area contributed by atoms with Crippen LogP contribution in [-0.2, 0) is 11.3 Å². The van der Waals surface area contributed by atoms with Crippen LogP contribution >= 0.6 is 22.6 Å². The number of furan rings is 1. The second-order valence-electron chi connectivity index (χ2n) is 4.01. The predicted octanol–water partition coefficient (Wildman–Crippen LogP) is 2.97. The summed E-state index contributed by atoms with van der Waals surface area (Å²) in [6.07, 6.45) is 1.03. The molecule has 0 fully saturated rings. The van der Waals surface area contributed by atoms with E-state index in [-0.39, 0.29) is 5.91 Å². The smallest absolute Gasteiger partial charge is 0.261 e. The van der Waals surface area contributed by atoms with Crippen LogP contribution in [0.15, 0.2) is 47.1 Å². The van der Waals surface area contributed by atoms with Gasteiger partial charge in [0.2, 0.25) is 0 Å². The van der Waals surface area contributed by atoms with E-state index in [0.29, 0.717) is 12.3 Å². The van der Waals surface area contributed by atoms with Crippen molar-refractivity contribution in [1.29, 1.82) is 0 Å². The van der Waals surface area contributed by atoms with E-state index in [2.05, 4.69) is 27.9 Å². The van der Waals surface area contributed by atoms with Gasteiger partial charge in [-0.3, -0.25) is 4.79 Å². The molecule has 19 heavy (non-hydrogen) atoms. The van der Waals surface area contributed by atoms with Gasteiger partial charge in [0.05, 0.1) is 12.8 Å². The van der Waals surface area contributed by atoms with Gasteiger partial charge in [-0.2, -0.15) is 0 Å². The van der Waals surface area contributed by atoms with Crippen molar-refractivity contribution in [3.8, 4) is 5.75 Å². The second kappa shape index (κ2) is 6.60. The molecule has 0 aliphatic carbocycles. The van der Waals surface area contributed by atoms with Crippen LogP contribution in [0.1, 0.15) is 12.7 Å². The minimum Gasteiger partial charge on any atom is -0.481 e. The molecule has 0 saturated carbocycles. The van der Waals surface area contributed by atoms with Crippen LogP contribution in [0.3, 0.4) is 0 Å². The molecule has 4 nitrogen and oxygen atoms in total. The highest BCUT2D eigenvalue weighted by atomic mass is 127. The Kier molecular flexibility index (Phi) is 4.84. The van der Waals surface area contributed by atoms with Gasteiger partial charge in [0.25, 0.3) is 5.91 Å². The van der Waals surface area contributed by atoms with E-state index >= 15 is 0 Å². The lowest BCUT2D eigenvalue weighted by Crippen LogP contribution is -2.35. The number of carbonyl (C=O) groups is 1. The van der Waals surface area contributed by atoms with Crippen molar-refractivity contribution in [2.24, 2.45) is 0 Å². The lowest BCUT2D eigenvalue weighted by molar-refractivity contribution is -0.127. The fourth-order valence-electron chi connectivity index (χ4n) is 1.50. The van der Waals surface area contributed by atoms with E-state index in [1.165, 1.54) is 0 Å². The SMILES string of the molecule is CC(Oc1ccc(I)cc1)C(=O)NCc1ccco1. The Bertz CT molecular complexity index is 522. The number of nitrogens with one attached hydrogen (secondary N) is 1. The minimum absolute atomic E-state index is 0.171. The molecule has 1 aromatic heterocycles. The van der Waals surface area contributed by atoms with Gasteiger partial charge in [-0.1, -0.05) is 0 Å². The quantitative estimate of drug-likeness (QED) is 0.823. The first-order chi connectivity index (χ1) is 9.15. The van der Waals surface area contributed by atoms with Gasteiger partial charge in [-0.25, -0.2) is 0 Å². The average Bonchev–Trinajstić information content (AvgIpc) is 2.91. The van der Waals surface area contributed by atoms with E-state index in [4.69, 9.17) is 9.15 Å². The zero-order chi connectivity index (χ0) is 13.7. The Hall–Kier alpha value is -1.50. The topological polar surface area (TPSA) is 51.5 Å². The average molecular weight is 371 g/mol. The Labute approximate surface area is 125 Å². The highest BCUT2D eigenvalue weighted by molar-refractivity contribution is 14.1. The van der Waals surface area contributed by atoms with Gasteiger partial charge in [0.15, 0.2) is 6.10 Å². The van der Waals surface area contributed by atoms with Crippen LogP contribution in [0.4, 0.5) is 0 Å². The van der Waals surface area contributed by atoms with Crippen molar-refractivity contribution in [1.82, 2.24) is 5.32 Å². The number of hydrogen-bond donors (Lipinski definition) is 1. The maximum Gasteiger partial charge on any atom is 0.261 e. The summed E-state index contributed by atoms with van der Waals surface area (Å²) < 4.78 is 11.8. The third-order valence-electron chi connectivity index (χ3n) is 2.51. The van der Waals surface area contributed by atoms with Crippen LogP contribution < -0.4 is 10.1 Å². The first kappa shape index (κ1) is 13.9. The molecule has 100 valence electrons. The molecule has 0 aliphatic rings. The van der Waals surface area contributed by atoms with Crippen molar-refractivity contribution in [2.75, 3.05) is 0 Å². The number of hydrogen-bond acceptors (Lipinski definition) is 3. The van der Waals surface area contributed by atoms with Crippen molar-refractivity contribution < 1.29 is 13.9 Å². The number of ether oxygens (including phenoxy) is 1. The highest BCUT2D eigenvalue weighted by Gasteiger charge is 2.14. The molecule has 0 bridgehead atoms. The first-order valence-electron chi connectivity index (χ1n) is 5.87. The van der Waals surface area contributed by atoms with Crippen molar-refractivity contribution in [2.45, 2.75) is 19.6 Å². The van der Waals surface area contributed by atoms with Crippen LogP contribution in [0.25, 0.3) is 0 Å².